The normalized spacial score (nSPS) is 32.5. The van der Waals surface area contributed by atoms with Gasteiger partial charge in [0.25, 0.3) is 0 Å². The van der Waals surface area contributed by atoms with Crippen molar-refractivity contribution in [2.75, 3.05) is 33.4 Å². The first-order chi connectivity index (χ1) is 10.3. The topological polar surface area (TPSA) is 41.6 Å². The summed E-state index contributed by atoms with van der Waals surface area (Å²) >= 11 is 0. The zero-order valence-corrected chi connectivity index (χ0v) is 13.4. The summed E-state index contributed by atoms with van der Waals surface area (Å²) in [6, 6.07) is 0.517. The van der Waals surface area contributed by atoms with Crippen molar-refractivity contribution < 1.29 is 9.53 Å². The maximum Gasteiger partial charge on any atom is 0.231 e. The molecule has 2 heterocycles. The Labute approximate surface area is 128 Å². The molecule has 0 aromatic carbocycles. The maximum absolute atomic E-state index is 13.3. The first-order valence-corrected chi connectivity index (χ1v) is 8.77. The van der Waals surface area contributed by atoms with Gasteiger partial charge in [-0.3, -0.25) is 4.79 Å². The Morgan fingerprint density at radius 3 is 2.67 bits per heavy atom. The molecule has 3 rings (SSSR count). The van der Waals surface area contributed by atoms with Gasteiger partial charge >= 0.3 is 0 Å². The fourth-order valence-electron chi connectivity index (χ4n) is 4.78. The van der Waals surface area contributed by atoms with Crippen LogP contribution in [0.15, 0.2) is 0 Å². The molecule has 3 aliphatic rings. The van der Waals surface area contributed by atoms with Crippen molar-refractivity contribution in [2.45, 2.75) is 57.4 Å². The van der Waals surface area contributed by atoms with Crippen LogP contribution in [0.5, 0.6) is 0 Å². The highest BCUT2D eigenvalue weighted by Crippen LogP contribution is 2.39. The number of nitrogens with zero attached hydrogens (tertiary/aromatic N) is 1. The van der Waals surface area contributed by atoms with E-state index in [0.717, 1.165) is 38.4 Å². The van der Waals surface area contributed by atoms with Gasteiger partial charge in [-0.25, -0.2) is 0 Å². The van der Waals surface area contributed by atoms with E-state index in [0.29, 0.717) is 18.6 Å². The smallest absolute Gasteiger partial charge is 0.231 e. The van der Waals surface area contributed by atoms with E-state index in [1.807, 2.05) is 0 Å². The number of ether oxygens (including phenoxy) is 1. The van der Waals surface area contributed by atoms with Gasteiger partial charge in [0.05, 0.1) is 12.0 Å². The van der Waals surface area contributed by atoms with Crippen molar-refractivity contribution in [1.82, 2.24) is 10.2 Å². The second kappa shape index (κ2) is 6.66. The van der Waals surface area contributed by atoms with E-state index in [1.165, 1.54) is 38.5 Å². The largest absolute Gasteiger partial charge is 0.384 e. The molecule has 4 heteroatoms. The molecular formula is C17H30N2O2. The van der Waals surface area contributed by atoms with Crippen LogP contribution in [0, 0.1) is 11.3 Å². The number of carbonyl (C=O) groups excluding carboxylic acids is 1. The number of fused-ring (bicyclic) bond motifs is 1. The summed E-state index contributed by atoms with van der Waals surface area (Å²) in [5.74, 6) is 1.15. The number of likely N-dealkylation sites (tertiary alicyclic amines) is 1. The van der Waals surface area contributed by atoms with Crippen LogP contribution in [0.1, 0.15) is 51.4 Å². The summed E-state index contributed by atoms with van der Waals surface area (Å²) in [7, 11) is 1.73. The molecule has 0 bridgehead atoms. The van der Waals surface area contributed by atoms with Crippen LogP contribution in [0.25, 0.3) is 0 Å². The van der Waals surface area contributed by atoms with E-state index in [-0.39, 0.29) is 5.41 Å². The molecule has 0 aromatic heterocycles. The summed E-state index contributed by atoms with van der Waals surface area (Å²) in [5, 5.41) is 3.39. The molecule has 0 unspecified atom stereocenters. The van der Waals surface area contributed by atoms with E-state index in [1.54, 1.807) is 7.11 Å². The molecular weight excluding hydrogens is 264 g/mol. The zero-order chi connectivity index (χ0) is 14.7. The van der Waals surface area contributed by atoms with Crippen molar-refractivity contribution in [3.8, 4) is 0 Å². The summed E-state index contributed by atoms with van der Waals surface area (Å²) in [4.78, 5) is 15.6. The summed E-state index contributed by atoms with van der Waals surface area (Å²) < 4.78 is 5.46. The number of rotatable bonds is 3. The molecule has 4 nitrogen and oxygen atoms in total. The molecule has 1 N–H and O–H groups in total. The van der Waals surface area contributed by atoms with E-state index in [2.05, 4.69) is 10.2 Å². The first kappa shape index (κ1) is 15.3. The Balaban J connectivity index is 1.77. The Bertz CT molecular complexity index is 358. The lowest BCUT2D eigenvalue weighted by Crippen LogP contribution is -2.57. The Morgan fingerprint density at radius 1 is 1.19 bits per heavy atom. The minimum atomic E-state index is -0.265. The molecule has 120 valence electrons. The van der Waals surface area contributed by atoms with Gasteiger partial charge in [0.1, 0.15) is 0 Å². The Morgan fingerprint density at radius 2 is 1.90 bits per heavy atom. The van der Waals surface area contributed by atoms with Crippen LogP contribution < -0.4 is 5.32 Å². The third-order valence-corrected chi connectivity index (χ3v) is 5.94. The second-order valence-electron chi connectivity index (χ2n) is 7.22. The standard InChI is InChI=1S/C17H30N2O2/c1-21-13-17(8-10-18-11-9-17)16(20)19-12-4-6-14-5-2-3-7-15(14)19/h14-15,18H,2-13H2,1H3/t14-,15-/m1/s1. The van der Waals surface area contributed by atoms with Gasteiger partial charge in [0.2, 0.25) is 5.91 Å². The number of hydrogen-bond acceptors (Lipinski definition) is 3. The number of piperidine rings is 2. The first-order valence-electron chi connectivity index (χ1n) is 8.77. The van der Waals surface area contributed by atoms with Crippen molar-refractivity contribution in [1.29, 1.82) is 0 Å². The number of hydrogen-bond donors (Lipinski definition) is 1. The number of amides is 1. The maximum atomic E-state index is 13.3. The third-order valence-electron chi connectivity index (χ3n) is 5.94. The molecule has 0 aromatic rings. The number of nitrogens with one attached hydrogen (secondary N) is 1. The Hall–Kier alpha value is -0.610. The lowest BCUT2D eigenvalue weighted by atomic mass is 9.74. The highest BCUT2D eigenvalue weighted by molar-refractivity contribution is 5.83. The fourth-order valence-corrected chi connectivity index (χ4v) is 4.78. The molecule has 0 spiro atoms. The fraction of sp³-hybridized carbons (Fsp3) is 0.941. The minimum absolute atomic E-state index is 0.265. The van der Waals surface area contributed by atoms with E-state index >= 15 is 0 Å². The van der Waals surface area contributed by atoms with Crippen LogP contribution in [0.3, 0.4) is 0 Å². The van der Waals surface area contributed by atoms with Gasteiger partial charge in [0, 0.05) is 19.7 Å². The summed E-state index contributed by atoms with van der Waals surface area (Å²) in [5.41, 5.74) is -0.265. The number of methoxy groups -OCH3 is 1. The van der Waals surface area contributed by atoms with Gasteiger partial charge in [-0.1, -0.05) is 12.8 Å². The molecule has 0 radical (unpaired) electrons. The average Bonchev–Trinajstić information content (AvgIpc) is 2.55. The van der Waals surface area contributed by atoms with Crippen molar-refractivity contribution >= 4 is 5.91 Å². The highest BCUT2D eigenvalue weighted by Gasteiger charge is 2.46. The third kappa shape index (κ3) is 2.98. The van der Waals surface area contributed by atoms with E-state index in [4.69, 9.17) is 4.74 Å². The second-order valence-corrected chi connectivity index (χ2v) is 7.22. The monoisotopic (exact) mass is 294 g/mol. The van der Waals surface area contributed by atoms with Crippen LogP contribution in [0.4, 0.5) is 0 Å². The number of carbonyl (C=O) groups is 1. The molecule has 21 heavy (non-hydrogen) atoms. The predicted octanol–water partition coefficient (Wildman–Crippen LogP) is 2.18. The quantitative estimate of drug-likeness (QED) is 0.867. The minimum Gasteiger partial charge on any atom is -0.384 e. The van der Waals surface area contributed by atoms with Crippen molar-refractivity contribution in [2.24, 2.45) is 11.3 Å². The van der Waals surface area contributed by atoms with Gasteiger partial charge in [0.15, 0.2) is 0 Å². The van der Waals surface area contributed by atoms with Crippen LogP contribution in [-0.2, 0) is 9.53 Å². The molecule has 1 aliphatic carbocycles. The lowest BCUT2D eigenvalue weighted by molar-refractivity contribution is -0.154. The van der Waals surface area contributed by atoms with Crippen molar-refractivity contribution in [3.05, 3.63) is 0 Å². The highest BCUT2D eigenvalue weighted by atomic mass is 16.5. The Kier molecular flexibility index (Phi) is 4.85. The van der Waals surface area contributed by atoms with Crippen molar-refractivity contribution in [3.63, 3.8) is 0 Å². The van der Waals surface area contributed by atoms with Crippen LogP contribution >= 0.6 is 0 Å². The average molecular weight is 294 g/mol. The molecule has 3 fully saturated rings. The van der Waals surface area contributed by atoms with Gasteiger partial charge in [-0.15, -0.1) is 0 Å². The molecule has 1 saturated carbocycles. The molecule has 2 aliphatic heterocycles. The van der Waals surface area contributed by atoms with Crippen LogP contribution in [0.2, 0.25) is 0 Å². The van der Waals surface area contributed by atoms with Gasteiger partial charge < -0.3 is 15.0 Å². The summed E-state index contributed by atoms with van der Waals surface area (Å²) in [6.07, 6.45) is 9.56. The summed E-state index contributed by atoms with van der Waals surface area (Å²) in [6.45, 7) is 3.44. The van der Waals surface area contributed by atoms with Gasteiger partial charge in [-0.05, 0) is 57.5 Å². The predicted molar refractivity (Wildman–Crippen MR) is 83.1 cm³/mol. The van der Waals surface area contributed by atoms with Crippen LogP contribution in [-0.4, -0.2) is 50.2 Å². The van der Waals surface area contributed by atoms with E-state index < -0.39 is 0 Å². The van der Waals surface area contributed by atoms with Gasteiger partial charge in [-0.2, -0.15) is 0 Å². The lowest BCUT2D eigenvalue weighted by Gasteiger charge is -2.48. The zero-order valence-electron chi connectivity index (χ0n) is 13.4. The molecule has 1 amide bonds. The van der Waals surface area contributed by atoms with E-state index in [9.17, 15) is 4.79 Å². The molecule has 2 atom stereocenters. The molecule has 2 saturated heterocycles. The SMILES string of the molecule is COCC1(C(=O)N2CCC[C@H]3CCCC[C@H]32)CCNCC1.